The summed E-state index contributed by atoms with van der Waals surface area (Å²) in [7, 11) is 1.60. The minimum atomic E-state index is 0.407. The summed E-state index contributed by atoms with van der Waals surface area (Å²) in [6.45, 7) is 0.408. The number of H-pyrrole nitrogens is 1. The van der Waals surface area contributed by atoms with Crippen molar-refractivity contribution in [2.75, 3.05) is 7.11 Å². The van der Waals surface area contributed by atoms with Crippen molar-refractivity contribution in [2.24, 2.45) is 5.10 Å². The third-order valence-electron chi connectivity index (χ3n) is 4.50. The highest BCUT2D eigenvalue weighted by molar-refractivity contribution is 7.71. The van der Waals surface area contributed by atoms with E-state index in [1.54, 1.807) is 18.0 Å². The summed E-state index contributed by atoms with van der Waals surface area (Å²) in [5, 5.41) is 12.3. The number of aromatic amines is 1. The highest BCUT2D eigenvalue weighted by Gasteiger charge is 2.09. The summed E-state index contributed by atoms with van der Waals surface area (Å²) in [6, 6.07) is 22.8. The molecule has 0 amide bonds. The summed E-state index contributed by atoms with van der Waals surface area (Å²) >= 11 is 11.3. The molecule has 4 rings (SSSR count). The Bertz CT molecular complexity index is 1250. The van der Waals surface area contributed by atoms with Gasteiger partial charge in [-0.2, -0.15) is 14.9 Å². The van der Waals surface area contributed by atoms with Gasteiger partial charge in [0.1, 0.15) is 6.61 Å². The molecule has 0 unspecified atom stereocenters. The summed E-state index contributed by atoms with van der Waals surface area (Å²) in [5.74, 6) is 1.88. The number of aromatic nitrogens is 3. The topological polar surface area (TPSA) is 64.4 Å². The van der Waals surface area contributed by atoms with Gasteiger partial charge in [0.15, 0.2) is 17.3 Å². The lowest BCUT2D eigenvalue weighted by molar-refractivity contribution is 0.284. The van der Waals surface area contributed by atoms with E-state index >= 15 is 0 Å². The zero-order valence-corrected chi connectivity index (χ0v) is 18.2. The lowest BCUT2D eigenvalue weighted by Crippen LogP contribution is -1.99. The van der Waals surface area contributed by atoms with Gasteiger partial charge in [-0.15, -0.1) is 0 Å². The zero-order chi connectivity index (χ0) is 21.6. The Morgan fingerprint density at radius 1 is 1.06 bits per heavy atom. The lowest BCUT2D eigenvalue weighted by Gasteiger charge is -2.11. The first-order chi connectivity index (χ1) is 15.1. The molecule has 1 N–H and O–H groups in total. The molecule has 0 radical (unpaired) electrons. The molecule has 0 spiro atoms. The molecule has 1 heterocycles. The van der Waals surface area contributed by atoms with Crippen molar-refractivity contribution in [3.63, 3.8) is 0 Å². The number of rotatable bonds is 7. The summed E-state index contributed by atoms with van der Waals surface area (Å²) in [6.07, 6.45) is 1.70. The molecule has 0 saturated carbocycles. The van der Waals surface area contributed by atoms with Crippen molar-refractivity contribution in [3.05, 3.63) is 93.7 Å². The average Bonchev–Trinajstić information content (AvgIpc) is 3.18. The molecule has 3 aromatic carbocycles. The van der Waals surface area contributed by atoms with Crippen LogP contribution in [0.15, 0.2) is 77.9 Å². The predicted octanol–water partition coefficient (Wildman–Crippen LogP) is 5.73. The molecule has 4 aromatic rings. The first kappa shape index (κ1) is 20.8. The number of nitrogens with zero attached hydrogens (tertiary/aromatic N) is 3. The standard InChI is InChI=1S/C23H19ClN4O2S/c1-29-21-13-17(9-12-20(21)30-15-16-7-10-19(24)11-8-16)14-25-28-22(26-27-23(28)31)18-5-3-2-4-6-18/h2-14H,15H2,1H3,(H,27,31)/b25-14-. The molecule has 0 aliphatic carbocycles. The fourth-order valence-electron chi connectivity index (χ4n) is 2.92. The van der Waals surface area contributed by atoms with Crippen LogP contribution in [0.3, 0.4) is 0 Å². The van der Waals surface area contributed by atoms with E-state index < -0.39 is 0 Å². The molecule has 0 atom stereocenters. The van der Waals surface area contributed by atoms with Gasteiger partial charge in [-0.1, -0.05) is 54.1 Å². The van der Waals surface area contributed by atoms with E-state index in [-0.39, 0.29) is 0 Å². The Balaban J connectivity index is 1.53. The molecule has 8 heteroatoms. The summed E-state index contributed by atoms with van der Waals surface area (Å²) < 4.78 is 13.4. The van der Waals surface area contributed by atoms with E-state index in [9.17, 15) is 0 Å². The highest BCUT2D eigenvalue weighted by atomic mass is 35.5. The SMILES string of the molecule is COc1cc(/C=N\n2c(-c3ccccc3)n[nH]c2=S)ccc1OCc1ccc(Cl)cc1. The quantitative estimate of drug-likeness (QED) is 0.288. The lowest BCUT2D eigenvalue weighted by atomic mass is 10.2. The number of nitrogens with one attached hydrogen (secondary N) is 1. The van der Waals surface area contributed by atoms with E-state index in [0.717, 1.165) is 16.7 Å². The van der Waals surface area contributed by atoms with Gasteiger partial charge in [0, 0.05) is 10.6 Å². The number of benzene rings is 3. The number of hydrogen-bond acceptors (Lipinski definition) is 5. The smallest absolute Gasteiger partial charge is 0.216 e. The fraction of sp³-hybridized carbons (Fsp3) is 0.0870. The van der Waals surface area contributed by atoms with E-state index in [4.69, 9.17) is 33.3 Å². The molecular weight excluding hydrogens is 432 g/mol. The molecule has 0 aliphatic rings. The molecular formula is C23H19ClN4O2S. The van der Waals surface area contributed by atoms with Crippen molar-refractivity contribution >= 4 is 30.0 Å². The fourth-order valence-corrected chi connectivity index (χ4v) is 3.23. The van der Waals surface area contributed by atoms with Crippen LogP contribution in [0.5, 0.6) is 11.5 Å². The third-order valence-corrected chi connectivity index (χ3v) is 5.02. The molecule has 6 nitrogen and oxygen atoms in total. The Morgan fingerprint density at radius 2 is 1.84 bits per heavy atom. The minimum absolute atomic E-state index is 0.407. The van der Waals surface area contributed by atoms with Crippen LogP contribution >= 0.6 is 23.8 Å². The van der Waals surface area contributed by atoms with Crippen LogP contribution in [-0.2, 0) is 6.61 Å². The Morgan fingerprint density at radius 3 is 2.58 bits per heavy atom. The highest BCUT2D eigenvalue weighted by Crippen LogP contribution is 2.28. The number of hydrogen-bond donors (Lipinski definition) is 1. The predicted molar refractivity (Wildman–Crippen MR) is 125 cm³/mol. The van der Waals surface area contributed by atoms with Gasteiger partial charge in [-0.05, 0) is 53.7 Å². The zero-order valence-electron chi connectivity index (χ0n) is 16.7. The Labute approximate surface area is 189 Å². The number of ether oxygens (including phenoxy) is 2. The van der Waals surface area contributed by atoms with Gasteiger partial charge >= 0.3 is 0 Å². The molecule has 0 aliphatic heterocycles. The maximum atomic E-state index is 5.93. The normalized spacial score (nSPS) is 11.0. The van der Waals surface area contributed by atoms with Gasteiger partial charge in [-0.3, -0.25) is 0 Å². The van der Waals surface area contributed by atoms with Gasteiger partial charge < -0.3 is 9.47 Å². The van der Waals surface area contributed by atoms with Crippen LogP contribution in [0.2, 0.25) is 5.02 Å². The number of halogens is 1. The first-order valence-electron chi connectivity index (χ1n) is 9.46. The van der Waals surface area contributed by atoms with Crippen molar-refractivity contribution < 1.29 is 9.47 Å². The van der Waals surface area contributed by atoms with Crippen molar-refractivity contribution in [3.8, 4) is 22.9 Å². The van der Waals surface area contributed by atoms with Crippen LogP contribution < -0.4 is 9.47 Å². The second kappa shape index (κ2) is 9.59. The molecule has 0 bridgehead atoms. The molecule has 31 heavy (non-hydrogen) atoms. The van der Waals surface area contributed by atoms with Gasteiger partial charge in [-0.25, -0.2) is 5.10 Å². The van der Waals surface area contributed by atoms with Gasteiger partial charge in [0.2, 0.25) is 4.77 Å². The van der Waals surface area contributed by atoms with Crippen LogP contribution in [0.1, 0.15) is 11.1 Å². The van der Waals surface area contributed by atoms with E-state index in [1.807, 2.05) is 72.8 Å². The molecule has 0 fully saturated rings. The average molecular weight is 451 g/mol. The van der Waals surface area contributed by atoms with Crippen LogP contribution in [-0.4, -0.2) is 28.2 Å². The van der Waals surface area contributed by atoms with Crippen molar-refractivity contribution in [2.45, 2.75) is 6.61 Å². The second-order valence-electron chi connectivity index (χ2n) is 6.60. The summed E-state index contributed by atoms with van der Waals surface area (Å²) in [5.41, 5.74) is 2.76. The van der Waals surface area contributed by atoms with Crippen LogP contribution in [0.4, 0.5) is 0 Å². The van der Waals surface area contributed by atoms with Gasteiger partial charge in [0.25, 0.3) is 0 Å². The van der Waals surface area contributed by atoms with E-state index in [0.29, 0.717) is 33.7 Å². The van der Waals surface area contributed by atoms with Crippen LogP contribution in [0, 0.1) is 4.77 Å². The molecule has 1 aromatic heterocycles. The molecule has 156 valence electrons. The number of methoxy groups -OCH3 is 1. The maximum Gasteiger partial charge on any atom is 0.216 e. The van der Waals surface area contributed by atoms with Crippen molar-refractivity contribution in [1.82, 2.24) is 14.9 Å². The van der Waals surface area contributed by atoms with E-state index in [1.165, 1.54) is 0 Å². The maximum absolute atomic E-state index is 5.93. The summed E-state index contributed by atoms with van der Waals surface area (Å²) in [4.78, 5) is 0. The Kier molecular flexibility index (Phi) is 6.45. The van der Waals surface area contributed by atoms with E-state index in [2.05, 4.69) is 15.3 Å². The van der Waals surface area contributed by atoms with Crippen molar-refractivity contribution in [1.29, 1.82) is 0 Å². The Hall–Kier alpha value is -3.42. The first-order valence-corrected chi connectivity index (χ1v) is 10.2. The third kappa shape index (κ3) is 5.02. The second-order valence-corrected chi connectivity index (χ2v) is 7.42. The largest absolute Gasteiger partial charge is 0.493 e. The van der Waals surface area contributed by atoms with Gasteiger partial charge in [0.05, 0.1) is 13.3 Å². The molecule has 0 saturated heterocycles. The van der Waals surface area contributed by atoms with Crippen LogP contribution in [0.25, 0.3) is 11.4 Å². The minimum Gasteiger partial charge on any atom is -0.493 e. The monoisotopic (exact) mass is 450 g/mol.